The molecule has 4 aliphatic heterocycles. The first-order chi connectivity index (χ1) is 26.0. The molecule has 15 heteroatoms. The first kappa shape index (κ1) is 37.4. The maximum atomic E-state index is 12.9. The molecule has 4 aromatic rings. The molecule has 2 aromatic carbocycles. The Labute approximate surface area is 313 Å². The molecule has 0 bridgehead atoms. The van der Waals surface area contributed by atoms with Gasteiger partial charge in [0.15, 0.2) is 0 Å². The molecule has 0 spiro atoms. The molecule has 2 aromatic heterocycles. The summed E-state index contributed by atoms with van der Waals surface area (Å²) in [4.78, 5) is 41.0. The van der Waals surface area contributed by atoms with Gasteiger partial charge in [-0.3, -0.25) is 9.59 Å². The summed E-state index contributed by atoms with van der Waals surface area (Å²) in [6.45, 7) is 14.1. The van der Waals surface area contributed by atoms with Crippen LogP contribution in [0.3, 0.4) is 0 Å². The van der Waals surface area contributed by atoms with Gasteiger partial charge in [0.05, 0.1) is 62.3 Å². The molecular formula is C39H47F3N8O4. The first-order valence-corrected chi connectivity index (χ1v) is 18.6. The van der Waals surface area contributed by atoms with Crippen molar-refractivity contribution in [2.75, 3.05) is 75.5 Å². The molecular weight excluding hydrogens is 701 g/mol. The highest BCUT2D eigenvalue weighted by molar-refractivity contribution is 5.82. The van der Waals surface area contributed by atoms with E-state index in [1.807, 2.05) is 47.6 Å². The molecule has 4 aliphatic rings. The Morgan fingerprint density at radius 2 is 1.04 bits per heavy atom. The third-order valence-corrected chi connectivity index (χ3v) is 10.4. The molecule has 0 radical (unpaired) electrons. The predicted octanol–water partition coefficient (Wildman–Crippen LogP) is 5.05. The van der Waals surface area contributed by atoms with Crippen molar-refractivity contribution >= 4 is 23.7 Å². The lowest BCUT2D eigenvalue weighted by atomic mass is 10.1. The second-order valence-corrected chi connectivity index (χ2v) is 14.0. The standard InChI is InChI=1S/C20H26N4O2.C19H21F3N4O2/c1-3-18(25)23-8-9-24-17(14-23)19(16-6-4-15(2)5-7-16)21-20(24)22-10-12-26-13-11-22;1-13-2-4-14(5-3-13)16-15-12-25(17(27)19(20,21)22)6-7-26(15)18(23-16)24-8-10-28-11-9-24/h4-7H,3,8-14H2,1-2H3;2-5H,6-12H2,1H3. The molecule has 0 saturated carbocycles. The van der Waals surface area contributed by atoms with Gasteiger partial charge in [0.2, 0.25) is 17.8 Å². The Hall–Kier alpha value is -4.89. The monoisotopic (exact) mass is 748 g/mol. The van der Waals surface area contributed by atoms with Crippen LogP contribution in [0.4, 0.5) is 25.1 Å². The molecule has 6 heterocycles. The van der Waals surface area contributed by atoms with Gasteiger partial charge in [-0.2, -0.15) is 13.2 Å². The van der Waals surface area contributed by atoms with Crippen molar-refractivity contribution < 1.29 is 32.2 Å². The number of aryl methyl sites for hydroxylation is 2. The Kier molecular flexibility index (Phi) is 11.0. The van der Waals surface area contributed by atoms with Gasteiger partial charge in [0.1, 0.15) is 0 Å². The molecule has 54 heavy (non-hydrogen) atoms. The third kappa shape index (κ3) is 7.83. The lowest BCUT2D eigenvalue weighted by Crippen LogP contribution is -2.46. The number of aromatic nitrogens is 4. The number of imidazole rings is 2. The number of amides is 2. The molecule has 2 amide bonds. The van der Waals surface area contributed by atoms with E-state index in [4.69, 9.17) is 19.4 Å². The van der Waals surface area contributed by atoms with E-state index < -0.39 is 12.1 Å². The van der Waals surface area contributed by atoms with E-state index in [1.54, 1.807) is 0 Å². The number of alkyl halides is 3. The maximum absolute atomic E-state index is 12.9. The predicted molar refractivity (Wildman–Crippen MR) is 198 cm³/mol. The molecule has 8 rings (SSSR count). The van der Waals surface area contributed by atoms with Crippen molar-refractivity contribution in [1.29, 1.82) is 0 Å². The Morgan fingerprint density at radius 3 is 1.44 bits per heavy atom. The van der Waals surface area contributed by atoms with Crippen LogP contribution in [-0.4, -0.2) is 113 Å². The van der Waals surface area contributed by atoms with E-state index in [9.17, 15) is 22.8 Å². The van der Waals surface area contributed by atoms with Crippen LogP contribution in [0, 0.1) is 13.8 Å². The second-order valence-electron chi connectivity index (χ2n) is 14.0. The summed E-state index contributed by atoms with van der Waals surface area (Å²) >= 11 is 0. The highest BCUT2D eigenvalue weighted by Crippen LogP contribution is 2.35. The van der Waals surface area contributed by atoms with Crippen molar-refractivity contribution in [2.24, 2.45) is 0 Å². The van der Waals surface area contributed by atoms with Crippen molar-refractivity contribution in [1.82, 2.24) is 28.9 Å². The van der Waals surface area contributed by atoms with Crippen molar-refractivity contribution in [3.63, 3.8) is 0 Å². The number of nitrogens with zero attached hydrogens (tertiary/aromatic N) is 8. The van der Waals surface area contributed by atoms with Gasteiger partial charge in [0.25, 0.3) is 0 Å². The van der Waals surface area contributed by atoms with E-state index in [1.165, 1.54) is 5.56 Å². The topological polar surface area (TPSA) is 101 Å². The van der Waals surface area contributed by atoms with Gasteiger partial charge in [-0.25, -0.2) is 9.97 Å². The molecule has 0 unspecified atom stereocenters. The molecule has 12 nitrogen and oxygen atoms in total. The number of hydrogen-bond donors (Lipinski definition) is 0. The number of ether oxygens (including phenoxy) is 2. The van der Waals surface area contributed by atoms with Gasteiger partial charge in [-0.1, -0.05) is 66.6 Å². The smallest absolute Gasteiger partial charge is 0.378 e. The van der Waals surface area contributed by atoms with E-state index in [-0.39, 0.29) is 25.5 Å². The van der Waals surface area contributed by atoms with Crippen LogP contribution in [0.1, 0.15) is 35.9 Å². The van der Waals surface area contributed by atoms with Gasteiger partial charge in [-0.15, -0.1) is 0 Å². The van der Waals surface area contributed by atoms with Crippen molar-refractivity contribution in [3.05, 3.63) is 71.0 Å². The minimum absolute atomic E-state index is 0.00633. The lowest BCUT2D eigenvalue weighted by molar-refractivity contribution is -0.186. The van der Waals surface area contributed by atoms with Crippen LogP contribution >= 0.6 is 0 Å². The molecule has 0 aliphatic carbocycles. The van der Waals surface area contributed by atoms with Gasteiger partial charge < -0.3 is 38.2 Å². The Bertz CT molecular complexity index is 1950. The summed E-state index contributed by atoms with van der Waals surface area (Å²) in [5, 5.41) is 0. The van der Waals surface area contributed by atoms with Gasteiger partial charge >= 0.3 is 12.1 Å². The molecule has 2 saturated heterocycles. The number of morpholine rings is 2. The van der Waals surface area contributed by atoms with Crippen LogP contribution in [0.2, 0.25) is 0 Å². The Balaban J connectivity index is 0.000000167. The minimum Gasteiger partial charge on any atom is -0.378 e. The van der Waals surface area contributed by atoms with Gasteiger partial charge in [0, 0.05) is 69.9 Å². The summed E-state index contributed by atoms with van der Waals surface area (Å²) in [5.41, 5.74) is 7.66. The molecule has 0 N–H and O–H groups in total. The quantitative estimate of drug-likeness (QED) is 0.280. The number of hydrogen-bond acceptors (Lipinski definition) is 8. The Morgan fingerprint density at radius 1 is 0.630 bits per heavy atom. The first-order valence-electron chi connectivity index (χ1n) is 18.6. The molecule has 288 valence electrons. The number of benzene rings is 2. The average molecular weight is 749 g/mol. The zero-order valence-corrected chi connectivity index (χ0v) is 31.1. The van der Waals surface area contributed by atoms with E-state index in [0.717, 1.165) is 84.3 Å². The summed E-state index contributed by atoms with van der Waals surface area (Å²) in [5.74, 6) is 0.151. The van der Waals surface area contributed by atoms with Crippen LogP contribution < -0.4 is 9.80 Å². The van der Waals surface area contributed by atoms with E-state index in [2.05, 4.69) is 45.6 Å². The van der Waals surface area contributed by atoms with Crippen LogP contribution in [-0.2, 0) is 45.2 Å². The highest BCUT2D eigenvalue weighted by Gasteiger charge is 2.44. The van der Waals surface area contributed by atoms with Gasteiger partial charge in [-0.05, 0) is 13.8 Å². The maximum Gasteiger partial charge on any atom is 0.471 e. The summed E-state index contributed by atoms with van der Waals surface area (Å²) < 4.78 is 54.0. The molecule has 0 atom stereocenters. The third-order valence-electron chi connectivity index (χ3n) is 10.4. The average Bonchev–Trinajstić information content (AvgIpc) is 3.77. The summed E-state index contributed by atoms with van der Waals surface area (Å²) in [6, 6.07) is 16.2. The van der Waals surface area contributed by atoms with E-state index in [0.29, 0.717) is 50.7 Å². The van der Waals surface area contributed by atoms with Crippen LogP contribution in [0.25, 0.3) is 22.5 Å². The number of carbonyl (C=O) groups excluding carboxylic acids is 2. The zero-order chi connectivity index (χ0) is 38.0. The molecule has 2 fully saturated rings. The zero-order valence-electron chi connectivity index (χ0n) is 31.1. The normalized spacial score (nSPS) is 17.4. The number of rotatable bonds is 5. The number of halogens is 3. The second kappa shape index (κ2) is 15.8. The van der Waals surface area contributed by atoms with Crippen molar-refractivity contribution in [3.8, 4) is 22.5 Å². The fraction of sp³-hybridized carbons (Fsp3) is 0.487. The summed E-state index contributed by atoms with van der Waals surface area (Å²) in [7, 11) is 0. The number of anilines is 2. The van der Waals surface area contributed by atoms with Crippen LogP contribution in [0.15, 0.2) is 48.5 Å². The fourth-order valence-electron chi connectivity index (χ4n) is 7.38. The largest absolute Gasteiger partial charge is 0.471 e. The number of fused-ring (bicyclic) bond motifs is 2. The fourth-order valence-corrected chi connectivity index (χ4v) is 7.38. The SMILES string of the molecule is CCC(=O)N1CCn2c(N3CCOCC3)nc(-c3ccc(C)cc3)c2C1.Cc1ccc(-c2nc(N3CCOCC3)n3c2CN(C(=O)C(F)(F)F)CC3)cc1. The number of carbonyl (C=O) groups is 2. The van der Waals surface area contributed by atoms with Crippen molar-refractivity contribution in [2.45, 2.75) is 59.5 Å². The summed E-state index contributed by atoms with van der Waals surface area (Å²) in [6.07, 6.45) is -4.33. The minimum atomic E-state index is -4.88. The van der Waals surface area contributed by atoms with Crippen LogP contribution in [0.5, 0.6) is 0 Å². The lowest BCUT2D eigenvalue weighted by Gasteiger charge is -2.33. The van der Waals surface area contributed by atoms with E-state index >= 15 is 0 Å². The highest BCUT2D eigenvalue weighted by atomic mass is 19.4.